The minimum Gasteiger partial charge on any atom is -0.325 e. The third-order valence-electron chi connectivity index (χ3n) is 2.24. The zero-order valence-electron chi connectivity index (χ0n) is 9.82. The smallest absolute Gasteiger partial charge is 0.238 e. The molecule has 19 heavy (non-hydrogen) atoms. The topological polar surface area (TPSA) is 43.2 Å². The highest BCUT2D eigenvalue weighted by molar-refractivity contribution is 7.99. The number of aromatic nitrogens is 1. The Balaban J connectivity index is 1.89. The molecule has 0 unspecified atom stereocenters. The second-order valence-electron chi connectivity index (χ2n) is 3.69. The molecule has 0 bridgehead atoms. The van der Waals surface area contributed by atoms with E-state index in [9.17, 15) is 13.6 Å². The number of rotatable bonds is 4. The van der Waals surface area contributed by atoms with Crippen LogP contribution in [-0.2, 0) is 4.79 Å². The average Bonchev–Trinajstić information content (AvgIpc) is 2.42. The third-order valence-corrected chi connectivity index (χ3v) is 3.21. The summed E-state index contributed by atoms with van der Waals surface area (Å²) in [6.07, 6.45) is 1.76. The zero-order valence-corrected chi connectivity index (χ0v) is 10.6. The Kier molecular flexibility index (Phi) is 4.46. The summed E-state index contributed by atoms with van der Waals surface area (Å²) in [6, 6.07) is 8.78. The zero-order chi connectivity index (χ0) is 13.7. The second kappa shape index (κ2) is 6.29. The summed E-state index contributed by atoms with van der Waals surface area (Å²) in [5.41, 5.74) is 0.238. The van der Waals surface area contributed by atoms with Crippen molar-refractivity contribution < 1.29 is 18.6 Å². The fraction of sp³-hybridized carbons (Fsp3) is 0.0769. The summed E-state index contributed by atoms with van der Waals surface area (Å²) >= 11 is 1.32. The minimum atomic E-state index is -0.984. The maximum Gasteiger partial charge on any atom is 0.238 e. The number of aromatic amines is 1. The van der Waals surface area contributed by atoms with Gasteiger partial charge in [-0.1, -0.05) is 0 Å². The standard InChI is InChI=1S/C13H10F2N2OS/c14-10-5-4-9(7-11(10)15)17-12(18)8-19-13-3-1-2-6-16-13/h1-7H,8H2,(H,17,18)/p+1. The van der Waals surface area contributed by atoms with Gasteiger partial charge < -0.3 is 5.32 Å². The number of hydrogen-bond acceptors (Lipinski definition) is 2. The summed E-state index contributed by atoms with van der Waals surface area (Å²) < 4.78 is 25.7. The molecular formula is C13H11F2N2OS+. The van der Waals surface area contributed by atoms with Crippen LogP contribution in [0.5, 0.6) is 0 Å². The van der Waals surface area contributed by atoms with E-state index in [1.807, 2.05) is 18.2 Å². The van der Waals surface area contributed by atoms with Crippen molar-refractivity contribution in [2.45, 2.75) is 5.03 Å². The number of halogens is 2. The van der Waals surface area contributed by atoms with E-state index >= 15 is 0 Å². The van der Waals surface area contributed by atoms with Gasteiger partial charge in [-0.15, -0.1) is 0 Å². The van der Waals surface area contributed by atoms with Gasteiger partial charge in [-0.3, -0.25) is 4.79 Å². The summed E-state index contributed by atoms with van der Waals surface area (Å²) in [5.74, 6) is -2.03. The van der Waals surface area contributed by atoms with E-state index in [1.54, 1.807) is 6.20 Å². The molecular weight excluding hydrogens is 270 g/mol. The molecule has 0 saturated heterocycles. The summed E-state index contributed by atoms with van der Waals surface area (Å²) in [6.45, 7) is 0. The van der Waals surface area contributed by atoms with E-state index in [-0.39, 0.29) is 17.3 Å². The summed E-state index contributed by atoms with van der Waals surface area (Å²) in [7, 11) is 0. The molecule has 0 aliphatic carbocycles. The van der Waals surface area contributed by atoms with Crippen LogP contribution in [0.4, 0.5) is 14.5 Å². The van der Waals surface area contributed by atoms with E-state index in [0.717, 1.165) is 17.2 Å². The monoisotopic (exact) mass is 281 g/mol. The highest BCUT2D eigenvalue weighted by Gasteiger charge is 2.08. The van der Waals surface area contributed by atoms with Crippen molar-refractivity contribution in [3.05, 3.63) is 54.2 Å². The highest BCUT2D eigenvalue weighted by Crippen LogP contribution is 2.15. The van der Waals surface area contributed by atoms with Crippen LogP contribution in [0.2, 0.25) is 0 Å². The molecule has 0 radical (unpaired) electrons. The van der Waals surface area contributed by atoms with Crippen LogP contribution in [0, 0.1) is 11.6 Å². The predicted molar refractivity (Wildman–Crippen MR) is 68.7 cm³/mol. The molecule has 0 spiro atoms. The molecule has 2 aromatic rings. The van der Waals surface area contributed by atoms with Gasteiger partial charge in [-0.25, -0.2) is 13.8 Å². The maximum atomic E-state index is 12.9. The van der Waals surface area contributed by atoms with Gasteiger partial charge in [-0.05, 0) is 30.0 Å². The van der Waals surface area contributed by atoms with Gasteiger partial charge in [0.2, 0.25) is 10.9 Å². The predicted octanol–water partition coefficient (Wildman–Crippen LogP) is 2.51. The molecule has 3 nitrogen and oxygen atoms in total. The van der Waals surface area contributed by atoms with E-state index in [0.29, 0.717) is 0 Å². The van der Waals surface area contributed by atoms with E-state index in [2.05, 4.69) is 10.3 Å². The van der Waals surface area contributed by atoms with Crippen LogP contribution in [0.3, 0.4) is 0 Å². The van der Waals surface area contributed by atoms with Gasteiger partial charge >= 0.3 is 0 Å². The van der Waals surface area contributed by atoms with Crippen molar-refractivity contribution in [2.24, 2.45) is 0 Å². The van der Waals surface area contributed by atoms with Crippen molar-refractivity contribution in [2.75, 3.05) is 11.1 Å². The third kappa shape index (κ3) is 4.03. The van der Waals surface area contributed by atoms with Gasteiger partial charge in [0.1, 0.15) is 0 Å². The van der Waals surface area contributed by atoms with Gasteiger partial charge in [0, 0.05) is 23.9 Å². The Morgan fingerprint density at radius 1 is 1.21 bits per heavy atom. The van der Waals surface area contributed by atoms with Gasteiger partial charge in [0.15, 0.2) is 17.8 Å². The Labute approximate surface area is 113 Å². The van der Waals surface area contributed by atoms with E-state index < -0.39 is 11.6 Å². The van der Waals surface area contributed by atoms with Crippen molar-refractivity contribution >= 4 is 23.4 Å². The number of benzene rings is 1. The van der Waals surface area contributed by atoms with Gasteiger partial charge in [0.05, 0.1) is 5.75 Å². The van der Waals surface area contributed by atoms with Crippen molar-refractivity contribution in [1.82, 2.24) is 0 Å². The quantitative estimate of drug-likeness (QED) is 0.875. The van der Waals surface area contributed by atoms with Crippen LogP contribution in [0.1, 0.15) is 0 Å². The summed E-state index contributed by atoms with van der Waals surface area (Å²) in [4.78, 5) is 14.6. The van der Waals surface area contributed by atoms with Crippen LogP contribution in [0.25, 0.3) is 0 Å². The van der Waals surface area contributed by atoms with Gasteiger partial charge in [-0.2, -0.15) is 0 Å². The maximum absolute atomic E-state index is 12.9. The fourth-order valence-corrected chi connectivity index (χ4v) is 2.07. The Morgan fingerprint density at radius 2 is 2.05 bits per heavy atom. The molecule has 0 aliphatic heterocycles. The number of anilines is 1. The molecule has 1 aromatic heterocycles. The average molecular weight is 281 g/mol. The lowest BCUT2D eigenvalue weighted by Crippen LogP contribution is -2.15. The first-order chi connectivity index (χ1) is 9.15. The van der Waals surface area contributed by atoms with Crippen LogP contribution in [-0.4, -0.2) is 11.7 Å². The SMILES string of the molecule is O=C(CSc1cccc[nH+]1)Nc1ccc(F)c(F)c1. The molecule has 1 amide bonds. The number of amides is 1. The Bertz CT molecular complexity index is 578. The number of carbonyl (C=O) groups excluding carboxylic acids is 1. The fourth-order valence-electron chi connectivity index (χ4n) is 1.38. The van der Waals surface area contributed by atoms with Crippen molar-refractivity contribution in [3.63, 3.8) is 0 Å². The molecule has 1 aromatic carbocycles. The van der Waals surface area contributed by atoms with Crippen LogP contribution in [0.15, 0.2) is 47.6 Å². The van der Waals surface area contributed by atoms with E-state index in [4.69, 9.17) is 0 Å². The van der Waals surface area contributed by atoms with Crippen LogP contribution >= 0.6 is 11.8 Å². The largest absolute Gasteiger partial charge is 0.325 e. The number of H-pyrrole nitrogens is 1. The number of hydrogen-bond donors (Lipinski definition) is 1. The van der Waals surface area contributed by atoms with Gasteiger partial charge in [0.25, 0.3) is 0 Å². The molecule has 2 N–H and O–H groups in total. The molecule has 0 atom stereocenters. The number of nitrogens with one attached hydrogen (secondary N) is 2. The lowest BCUT2D eigenvalue weighted by molar-refractivity contribution is -0.426. The highest BCUT2D eigenvalue weighted by atomic mass is 32.2. The second-order valence-corrected chi connectivity index (χ2v) is 4.71. The first-order valence-corrected chi connectivity index (χ1v) is 6.48. The number of thioether (sulfide) groups is 1. The molecule has 0 fully saturated rings. The van der Waals surface area contributed by atoms with Crippen molar-refractivity contribution in [3.8, 4) is 0 Å². The van der Waals surface area contributed by atoms with E-state index in [1.165, 1.54) is 17.8 Å². The lowest BCUT2D eigenvalue weighted by atomic mass is 10.3. The van der Waals surface area contributed by atoms with Crippen LogP contribution < -0.4 is 10.3 Å². The summed E-state index contributed by atoms with van der Waals surface area (Å²) in [5, 5.41) is 3.35. The first kappa shape index (κ1) is 13.5. The van der Waals surface area contributed by atoms with Crippen molar-refractivity contribution in [1.29, 1.82) is 0 Å². The molecule has 0 saturated carbocycles. The molecule has 98 valence electrons. The minimum absolute atomic E-state index is 0.180. The number of pyridine rings is 1. The molecule has 2 rings (SSSR count). The molecule has 6 heteroatoms. The Morgan fingerprint density at radius 3 is 2.74 bits per heavy atom. The first-order valence-electron chi connectivity index (χ1n) is 5.49. The molecule has 1 heterocycles. The number of carbonyl (C=O) groups is 1. The normalized spacial score (nSPS) is 10.2. The molecule has 0 aliphatic rings. The lowest BCUT2D eigenvalue weighted by Gasteiger charge is -2.04. The Hall–Kier alpha value is -1.95.